The molecule has 0 bridgehead atoms. The number of carbonyl (C=O) groups excluding carboxylic acids is 3. The Morgan fingerprint density at radius 1 is 0.943 bits per heavy atom. The number of Topliss-reactive ketones (excluding diaryl/α,β-unsaturated/α-hetero) is 1. The summed E-state index contributed by atoms with van der Waals surface area (Å²) in [5, 5.41) is 0. The van der Waals surface area contributed by atoms with E-state index in [4.69, 9.17) is 8.92 Å². The smallest absolute Gasteiger partial charge is 0.339 e. The summed E-state index contributed by atoms with van der Waals surface area (Å²) in [6.45, 7) is 1.55. The standard InChI is InChI=1S/C26H23NO7S/c1-18-7-13-23(14-8-18)35(31,32)34-22-11-9-19(10-12-22)24(28)17-33-26(30)20-15-25(29)27(16-20)21-5-3-2-4-6-21/h2-14,20H,15-17H2,1H3/t20-/m1/s1. The minimum Gasteiger partial charge on any atom is -0.457 e. The van der Waals surface area contributed by atoms with Gasteiger partial charge in [0.15, 0.2) is 12.4 Å². The summed E-state index contributed by atoms with van der Waals surface area (Å²) in [4.78, 5) is 38.7. The first-order valence-corrected chi connectivity index (χ1v) is 12.3. The lowest BCUT2D eigenvalue weighted by atomic mass is 10.1. The van der Waals surface area contributed by atoms with E-state index in [1.165, 1.54) is 41.3 Å². The molecule has 1 amide bonds. The van der Waals surface area contributed by atoms with E-state index >= 15 is 0 Å². The molecule has 4 rings (SSSR count). The Kier molecular flexibility index (Phi) is 6.97. The zero-order valence-electron chi connectivity index (χ0n) is 18.9. The predicted molar refractivity (Wildman–Crippen MR) is 128 cm³/mol. The summed E-state index contributed by atoms with van der Waals surface area (Å²) in [6.07, 6.45) is 0.0173. The normalized spacial score (nSPS) is 15.6. The average molecular weight is 494 g/mol. The molecule has 0 N–H and O–H groups in total. The van der Waals surface area contributed by atoms with Crippen molar-refractivity contribution < 1.29 is 31.7 Å². The zero-order chi connectivity index (χ0) is 25.0. The molecule has 35 heavy (non-hydrogen) atoms. The fraction of sp³-hybridized carbons (Fsp3) is 0.192. The molecule has 1 atom stereocenters. The quantitative estimate of drug-likeness (QED) is 0.268. The SMILES string of the molecule is Cc1ccc(S(=O)(=O)Oc2ccc(C(=O)COC(=O)[C@@H]3CC(=O)N(c4ccccc4)C3)cc2)cc1. The van der Waals surface area contributed by atoms with E-state index < -0.39 is 34.4 Å². The monoisotopic (exact) mass is 493 g/mol. The molecule has 1 aliphatic rings. The number of nitrogens with zero attached hydrogens (tertiary/aromatic N) is 1. The minimum atomic E-state index is -4.01. The van der Waals surface area contributed by atoms with Crippen LogP contribution in [-0.2, 0) is 24.4 Å². The van der Waals surface area contributed by atoms with Gasteiger partial charge in [-0.2, -0.15) is 8.42 Å². The van der Waals surface area contributed by atoms with Gasteiger partial charge >= 0.3 is 16.1 Å². The second-order valence-electron chi connectivity index (χ2n) is 8.15. The van der Waals surface area contributed by atoms with Crippen LogP contribution in [0.5, 0.6) is 5.75 Å². The Labute approximate surface area is 203 Å². The number of esters is 1. The molecule has 0 aliphatic carbocycles. The Hall–Kier alpha value is -3.98. The van der Waals surface area contributed by atoms with Gasteiger partial charge in [-0.1, -0.05) is 35.9 Å². The fourth-order valence-electron chi connectivity index (χ4n) is 3.64. The number of hydrogen-bond donors (Lipinski definition) is 0. The number of carbonyl (C=O) groups is 3. The van der Waals surface area contributed by atoms with E-state index in [0.717, 1.165) is 5.56 Å². The number of ether oxygens (including phenoxy) is 1. The molecule has 0 aromatic heterocycles. The van der Waals surface area contributed by atoms with Gasteiger partial charge in [-0.25, -0.2) is 0 Å². The van der Waals surface area contributed by atoms with Crippen LogP contribution in [0.15, 0.2) is 83.8 Å². The minimum absolute atomic E-state index is 0.0173. The van der Waals surface area contributed by atoms with E-state index in [0.29, 0.717) is 5.69 Å². The lowest BCUT2D eigenvalue weighted by Gasteiger charge is -2.16. The summed E-state index contributed by atoms with van der Waals surface area (Å²) in [6, 6.07) is 20.8. The van der Waals surface area contributed by atoms with Crippen molar-refractivity contribution in [3.63, 3.8) is 0 Å². The number of hydrogen-bond acceptors (Lipinski definition) is 7. The average Bonchev–Trinajstić information content (AvgIpc) is 3.25. The van der Waals surface area contributed by atoms with Gasteiger partial charge in [0, 0.05) is 24.2 Å². The Bertz CT molecular complexity index is 1330. The largest absolute Gasteiger partial charge is 0.457 e. The van der Waals surface area contributed by atoms with Gasteiger partial charge in [0.2, 0.25) is 5.91 Å². The van der Waals surface area contributed by atoms with Crippen molar-refractivity contribution in [2.45, 2.75) is 18.2 Å². The van der Waals surface area contributed by atoms with Crippen LogP contribution in [0.1, 0.15) is 22.3 Å². The second kappa shape index (κ2) is 10.1. The van der Waals surface area contributed by atoms with Crippen molar-refractivity contribution in [2.24, 2.45) is 5.92 Å². The van der Waals surface area contributed by atoms with Crippen LogP contribution < -0.4 is 9.08 Å². The zero-order valence-corrected chi connectivity index (χ0v) is 19.7. The number of anilines is 1. The summed E-state index contributed by atoms with van der Waals surface area (Å²) < 4.78 is 35.1. The van der Waals surface area contributed by atoms with Gasteiger partial charge in [0.1, 0.15) is 10.6 Å². The van der Waals surface area contributed by atoms with Crippen LogP contribution in [0.4, 0.5) is 5.69 Å². The molecule has 0 radical (unpaired) electrons. The molecular weight excluding hydrogens is 470 g/mol. The number of amides is 1. The summed E-state index contributed by atoms with van der Waals surface area (Å²) in [5.41, 5.74) is 1.85. The van der Waals surface area contributed by atoms with Gasteiger partial charge in [-0.15, -0.1) is 0 Å². The lowest BCUT2D eigenvalue weighted by molar-refractivity contribution is -0.147. The lowest BCUT2D eigenvalue weighted by Crippen LogP contribution is -2.27. The Balaban J connectivity index is 1.31. The maximum atomic E-state index is 12.5. The van der Waals surface area contributed by atoms with Crippen molar-refractivity contribution in [1.82, 2.24) is 0 Å². The van der Waals surface area contributed by atoms with Crippen LogP contribution in [0, 0.1) is 12.8 Å². The van der Waals surface area contributed by atoms with Crippen LogP contribution in [0.3, 0.4) is 0 Å². The first-order valence-electron chi connectivity index (χ1n) is 10.9. The highest BCUT2D eigenvalue weighted by molar-refractivity contribution is 7.87. The highest BCUT2D eigenvalue weighted by Crippen LogP contribution is 2.26. The molecule has 3 aromatic carbocycles. The third-order valence-electron chi connectivity index (χ3n) is 5.56. The summed E-state index contributed by atoms with van der Waals surface area (Å²) in [5.74, 6) is -1.87. The fourth-order valence-corrected chi connectivity index (χ4v) is 4.57. The Morgan fingerprint density at radius 3 is 2.26 bits per heavy atom. The maximum Gasteiger partial charge on any atom is 0.339 e. The third kappa shape index (κ3) is 5.75. The number of para-hydroxylation sites is 1. The first kappa shape index (κ1) is 24.2. The summed E-state index contributed by atoms with van der Waals surface area (Å²) in [7, 11) is -4.01. The van der Waals surface area contributed by atoms with Crippen LogP contribution in [0.25, 0.3) is 0 Å². The van der Waals surface area contributed by atoms with Gasteiger partial charge in [-0.3, -0.25) is 14.4 Å². The van der Waals surface area contributed by atoms with E-state index in [1.54, 1.807) is 36.4 Å². The Morgan fingerprint density at radius 2 is 1.60 bits per heavy atom. The van der Waals surface area contributed by atoms with Crippen molar-refractivity contribution >= 4 is 33.5 Å². The molecule has 0 unspecified atom stereocenters. The van der Waals surface area contributed by atoms with Crippen molar-refractivity contribution in [3.05, 3.63) is 90.0 Å². The number of ketones is 1. The van der Waals surface area contributed by atoms with Crippen LogP contribution in [-0.4, -0.2) is 39.2 Å². The van der Waals surface area contributed by atoms with Crippen molar-refractivity contribution in [2.75, 3.05) is 18.1 Å². The van der Waals surface area contributed by atoms with Crippen LogP contribution >= 0.6 is 0 Å². The highest BCUT2D eigenvalue weighted by atomic mass is 32.2. The van der Waals surface area contributed by atoms with E-state index in [2.05, 4.69) is 0 Å². The van der Waals surface area contributed by atoms with Gasteiger partial charge in [-0.05, 0) is 55.5 Å². The first-order chi connectivity index (χ1) is 16.7. The number of rotatable bonds is 8. The molecule has 9 heteroatoms. The van der Waals surface area contributed by atoms with Gasteiger partial charge in [0.05, 0.1) is 5.92 Å². The van der Waals surface area contributed by atoms with Gasteiger partial charge in [0.25, 0.3) is 0 Å². The molecule has 1 heterocycles. The van der Waals surface area contributed by atoms with E-state index in [1.807, 2.05) is 13.0 Å². The van der Waals surface area contributed by atoms with Gasteiger partial charge < -0.3 is 13.8 Å². The molecule has 0 saturated carbocycles. The molecule has 1 saturated heterocycles. The number of aryl methyl sites for hydroxylation is 1. The third-order valence-corrected chi connectivity index (χ3v) is 6.83. The van der Waals surface area contributed by atoms with E-state index in [-0.39, 0.29) is 35.1 Å². The topological polar surface area (TPSA) is 107 Å². The molecule has 180 valence electrons. The predicted octanol–water partition coefficient (Wildman–Crippen LogP) is 3.54. The highest BCUT2D eigenvalue weighted by Gasteiger charge is 2.36. The summed E-state index contributed by atoms with van der Waals surface area (Å²) >= 11 is 0. The molecule has 3 aromatic rings. The van der Waals surface area contributed by atoms with E-state index in [9.17, 15) is 22.8 Å². The molecule has 1 fully saturated rings. The second-order valence-corrected chi connectivity index (χ2v) is 9.69. The van der Waals surface area contributed by atoms with Crippen molar-refractivity contribution in [1.29, 1.82) is 0 Å². The molecule has 0 spiro atoms. The molecule has 8 nitrogen and oxygen atoms in total. The van der Waals surface area contributed by atoms with Crippen LogP contribution in [0.2, 0.25) is 0 Å². The molecule has 1 aliphatic heterocycles. The number of benzene rings is 3. The molecular formula is C26H23NO7S. The van der Waals surface area contributed by atoms with Crippen molar-refractivity contribution in [3.8, 4) is 5.75 Å². The maximum absolute atomic E-state index is 12.5.